The van der Waals surface area contributed by atoms with Gasteiger partial charge in [-0.05, 0) is 66.1 Å². The first-order valence-electron chi connectivity index (χ1n) is 12.8. The maximum Gasteiger partial charge on any atom is 0.0607 e. The number of fused-ring (bicyclic) bond motifs is 1. The molecule has 1 aliphatic carbocycles. The molecular formula is C31H35BrN4. The van der Waals surface area contributed by atoms with Gasteiger partial charge < -0.3 is 5.32 Å². The number of aromatic nitrogens is 2. The van der Waals surface area contributed by atoms with Crippen LogP contribution in [0.5, 0.6) is 0 Å². The molecule has 1 unspecified atom stereocenters. The first-order valence-corrected chi connectivity index (χ1v) is 12.8. The average molecular weight is 544 g/mol. The Kier molecular flexibility index (Phi) is 9.79. The molecule has 1 N–H and O–H groups in total. The van der Waals surface area contributed by atoms with Gasteiger partial charge in [-0.15, -0.1) is 17.0 Å². The van der Waals surface area contributed by atoms with Crippen LogP contribution in [0.25, 0.3) is 0 Å². The van der Waals surface area contributed by atoms with Crippen LogP contribution in [0.15, 0.2) is 97.3 Å². The highest BCUT2D eigenvalue weighted by molar-refractivity contribution is 8.93. The lowest BCUT2D eigenvalue weighted by Gasteiger charge is -2.35. The number of pyridine rings is 2. The fraction of sp³-hybridized carbons (Fsp3) is 0.290. The first-order chi connectivity index (χ1) is 17.3. The van der Waals surface area contributed by atoms with Gasteiger partial charge in [-0.1, -0.05) is 66.7 Å². The first kappa shape index (κ1) is 26.2. The van der Waals surface area contributed by atoms with Crippen molar-refractivity contribution in [2.24, 2.45) is 0 Å². The lowest BCUT2D eigenvalue weighted by atomic mass is 9.90. The van der Waals surface area contributed by atoms with Crippen molar-refractivity contribution >= 4 is 17.0 Å². The Hall–Kier alpha value is -2.86. The molecule has 5 heteroatoms. The Balaban J connectivity index is 0.00000304. The lowest BCUT2D eigenvalue weighted by Crippen LogP contribution is -2.33. The molecule has 1 atom stereocenters. The fourth-order valence-corrected chi connectivity index (χ4v) is 5.04. The topological polar surface area (TPSA) is 41.0 Å². The van der Waals surface area contributed by atoms with Crippen molar-refractivity contribution in [1.29, 1.82) is 0 Å². The Morgan fingerprint density at radius 2 is 1.53 bits per heavy atom. The molecule has 0 saturated heterocycles. The Bertz CT molecular complexity index is 1180. The zero-order valence-corrected chi connectivity index (χ0v) is 22.4. The van der Waals surface area contributed by atoms with Gasteiger partial charge in [-0.3, -0.25) is 14.9 Å². The number of nitrogens with zero attached hydrogens (tertiary/aromatic N) is 3. The molecule has 0 amide bonds. The molecule has 0 spiro atoms. The van der Waals surface area contributed by atoms with Crippen molar-refractivity contribution in [3.8, 4) is 0 Å². The quantitative estimate of drug-likeness (QED) is 0.249. The normalized spacial score (nSPS) is 14.8. The smallest absolute Gasteiger partial charge is 0.0607 e. The van der Waals surface area contributed by atoms with Crippen LogP contribution in [0.3, 0.4) is 0 Å². The van der Waals surface area contributed by atoms with E-state index in [-0.39, 0.29) is 17.0 Å². The van der Waals surface area contributed by atoms with E-state index in [2.05, 4.69) is 88.0 Å². The zero-order chi connectivity index (χ0) is 23.7. The molecule has 186 valence electrons. The third-order valence-corrected chi connectivity index (χ3v) is 6.91. The molecule has 4 nitrogen and oxygen atoms in total. The summed E-state index contributed by atoms with van der Waals surface area (Å²) in [6.45, 7) is 3.59. The van der Waals surface area contributed by atoms with E-state index in [0.29, 0.717) is 6.04 Å². The van der Waals surface area contributed by atoms with Crippen LogP contribution in [-0.4, -0.2) is 21.4 Å². The van der Waals surface area contributed by atoms with Crippen molar-refractivity contribution in [3.05, 3.63) is 131 Å². The van der Waals surface area contributed by atoms with Crippen LogP contribution in [0, 0.1) is 0 Å². The van der Waals surface area contributed by atoms with Gasteiger partial charge in [0, 0.05) is 38.6 Å². The number of halogens is 1. The third-order valence-electron chi connectivity index (χ3n) is 6.91. The highest BCUT2D eigenvalue weighted by atomic mass is 79.9. The maximum atomic E-state index is 4.84. The second-order valence-corrected chi connectivity index (χ2v) is 9.40. The summed E-state index contributed by atoms with van der Waals surface area (Å²) in [5.41, 5.74) is 7.81. The molecule has 0 saturated carbocycles. The standard InChI is InChI=1S/C31H34N4.BrH/c1-2-8-25(9-3-1)18-21-35(30-13-6-10-28-11-7-20-34-31(28)30)24-27-16-14-26(15-17-27)22-32-23-29-12-4-5-19-33-29;/h1-5,7-9,11-12,14-17,19-20,30,32H,6,10,13,18,21-24H2;1H. The summed E-state index contributed by atoms with van der Waals surface area (Å²) < 4.78 is 0. The van der Waals surface area contributed by atoms with E-state index in [9.17, 15) is 0 Å². The molecule has 0 radical (unpaired) electrons. The highest BCUT2D eigenvalue weighted by Crippen LogP contribution is 2.34. The summed E-state index contributed by atoms with van der Waals surface area (Å²) in [5.74, 6) is 0. The monoisotopic (exact) mass is 542 g/mol. The fourth-order valence-electron chi connectivity index (χ4n) is 5.04. The molecule has 2 aromatic heterocycles. The summed E-state index contributed by atoms with van der Waals surface area (Å²) in [6.07, 6.45) is 8.40. The van der Waals surface area contributed by atoms with Gasteiger partial charge >= 0.3 is 0 Å². The zero-order valence-electron chi connectivity index (χ0n) is 20.7. The summed E-state index contributed by atoms with van der Waals surface area (Å²) in [6, 6.07) is 30.7. The molecule has 5 rings (SSSR count). The third kappa shape index (κ3) is 7.10. The maximum absolute atomic E-state index is 4.84. The van der Waals surface area contributed by atoms with Crippen LogP contribution in [0.4, 0.5) is 0 Å². The number of rotatable bonds is 10. The van der Waals surface area contributed by atoms with Crippen LogP contribution >= 0.6 is 17.0 Å². The van der Waals surface area contributed by atoms with Crippen molar-refractivity contribution in [3.63, 3.8) is 0 Å². The van der Waals surface area contributed by atoms with Crippen LogP contribution in [0.1, 0.15) is 52.5 Å². The van der Waals surface area contributed by atoms with E-state index in [1.807, 2.05) is 24.5 Å². The molecule has 0 bridgehead atoms. The van der Waals surface area contributed by atoms with Crippen LogP contribution < -0.4 is 5.32 Å². The molecule has 4 aromatic rings. The molecule has 36 heavy (non-hydrogen) atoms. The van der Waals surface area contributed by atoms with E-state index < -0.39 is 0 Å². The van der Waals surface area contributed by atoms with Crippen LogP contribution in [-0.2, 0) is 32.5 Å². The Morgan fingerprint density at radius 1 is 0.750 bits per heavy atom. The molecule has 1 aliphatic rings. The van der Waals surface area contributed by atoms with Gasteiger partial charge in [0.25, 0.3) is 0 Å². The van der Waals surface area contributed by atoms with Gasteiger partial charge in [0.15, 0.2) is 0 Å². The predicted octanol–water partition coefficient (Wildman–Crippen LogP) is 6.47. The Morgan fingerprint density at radius 3 is 2.33 bits per heavy atom. The summed E-state index contributed by atoms with van der Waals surface area (Å²) in [4.78, 5) is 11.9. The SMILES string of the molecule is Br.c1ccc(CCN(Cc2ccc(CNCc3ccccn3)cc2)C2CCCc3cccnc32)cc1. The Labute approximate surface area is 225 Å². The second-order valence-electron chi connectivity index (χ2n) is 9.40. The number of hydrogen-bond donors (Lipinski definition) is 1. The van der Waals surface area contributed by atoms with Crippen LogP contribution in [0.2, 0.25) is 0 Å². The minimum atomic E-state index is 0. The molecule has 2 aromatic carbocycles. The van der Waals surface area contributed by atoms with Crippen molar-refractivity contribution < 1.29 is 0 Å². The van der Waals surface area contributed by atoms with Crippen molar-refractivity contribution in [1.82, 2.24) is 20.2 Å². The number of nitrogens with one attached hydrogen (secondary N) is 1. The number of aryl methyl sites for hydroxylation is 1. The van der Waals surface area contributed by atoms with E-state index in [0.717, 1.165) is 44.7 Å². The lowest BCUT2D eigenvalue weighted by molar-refractivity contribution is 0.168. The van der Waals surface area contributed by atoms with E-state index in [4.69, 9.17) is 4.98 Å². The molecule has 2 heterocycles. The van der Waals surface area contributed by atoms with E-state index in [1.165, 1.54) is 40.8 Å². The summed E-state index contributed by atoms with van der Waals surface area (Å²) in [7, 11) is 0. The van der Waals surface area contributed by atoms with E-state index >= 15 is 0 Å². The molecule has 0 fully saturated rings. The van der Waals surface area contributed by atoms with Gasteiger partial charge in [0.05, 0.1) is 17.4 Å². The predicted molar refractivity (Wildman–Crippen MR) is 152 cm³/mol. The van der Waals surface area contributed by atoms with Gasteiger partial charge in [0.1, 0.15) is 0 Å². The minimum absolute atomic E-state index is 0. The second kappa shape index (κ2) is 13.4. The van der Waals surface area contributed by atoms with Gasteiger partial charge in [-0.25, -0.2) is 0 Å². The average Bonchev–Trinajstić information content (AvgIpc) is 2.93. The highest BCUT2D eigenvalue weighted by Gasteiger charge is 2.27. The van der Waals surface area contributed by atoms with Crippen molar-refractivity contribution in [2.45, 2.75) is 51.4 Å². The minimum Gasteiger partial charge on any atom is -0.307 e. The number of benzene rings is 2. The van der Waals surface area contributed by atoms with E-state index in [1.54, 1.807) is 0 Å². The van der Waals surface area contributed by atoms with Gasteiger partial charge in [0.2, 0.25) is 0 Å². The number of hydrogen-bond acceptors (Lipinski definition) is 4. The molecule has 0 aliphatic heterocycles. The summed E-state index contributed by atoms with van der Waals surface area (Å²) >= 11 is 0. The van der Waals surface area contributed by atoms with Gasteiger partial charge in [-0.2, -0.15) is 0 Å². The summed E-state index contributed by atoms with van der Waals surface area (Å²) in [5, 5.41) is 3.50. The molecular weight excluding hydrogens is 508 g/mol. The van der Waals surface area contributed by atoms with Crippen molar-refractivity contribution in [2.75, 3.05) is 6.54 Å². The largest absolute Gasteiger partial charge is 0.307 e.